The van der Waals surface area contributed by atoms with Crippen LogP contribution < -0.4 is 0 Å². The molecule has 3 saturated heterocycles. The molecule has 0 saturated carbocycles. The van der Waals surface area contributed by atoms with Crippen LogP contribution >= 0.6 is 0 Å². The summed E-state index contributed by atoms with van der Waals surface area (Å²) in [6, 6.07) is 21.2. The fourth-order valence-corrected chi connectivity index (χ4v) is 4.53. The van der Waals surface area contributed by atoms with Crippen LogP contribution in [0.15, 0.2) is 60.7 Å². The third kappa shape index (κ3) is 3.19. The van der Waals surface area contributed by atoms with Crippen molar-refractivity contribution in [2.45, 2.75) is 37.5 Å². The fraction of sp³-hybridized carbons (Fsp3) is 0.455. The second kappa shape index (κ2) is 7.12. The van der Waals surface area contributed by atoms with Crippen LogP contribution in [-0.4, -0.2) is 48.4 Å². The molecule has 3 fully saturated rings. The SMILES string of the molecule is c1ccc([C@@H]2CN3CCC4O[C@H](c5ccccc5)CN4CCC3O2)cc1. The minimum absolute atomic E-state index is 0.201. The van der Waals surface area contributed by atoms with Crippen LogP contribution in [0, 0.1) is 0 Å². The van der Waals surface area contributed by atoms with E-state index >= 15 is 0 Å². The minimum Gasteiger partial charge on any atom is -0.354 e. The van der Waals surface area contributed by atoms with Crippen LogP contribution in [0.2, 0.25) is 0 Å². The molecule has 5 rings (SSSR count). The Balaban J connectivity index is 1.25. The lowest BCUT2D eigenvalue weighted by atomic mass is 10.1. The van der Waals surface area contributed by atoms with Crippen molar-refractivity contribution in [3.8, 4) is 0 Å². The van der Waals surface area contributed by atoms with Gasteiger partial charge in [0.15, 0.2) is 0 Å². The Morgan fingerprint density at radius 1 is 0.615 bits per heavy atom. The van der Waals surface area contributed by atoms with Gasteiger partial charge in [-0.25, -0.2) is 0 Å². The van der Waals surface area contributed by atoms with Crippen LogP contribution in [-0.2, 0) is 9.47 Å². The summed E-state index contributed by atoms with van der Waals surface area (Å²) in [7, 11) is 0. The maximum Gasteiger partial charge on any atom is 0.112 e. The lowest BCUT2D eigenvalue weighted by Gasteiger charge is -2.32. The quantitative estimate of drug-likeness (QED) is 0.827. The molecule has 4 atom stereocenters. The number of benzene rings is 2. The van der Waals surface area contributed by atoms with Crippen LogP contribution in [0.4, 0.5) is 0 Å². The molecule has 0 N–H and O–H groups in total. The van der Waals surface area contributed by atoms with Gasteiger partial charge in [-0.3, -0.25) is 9.80 Å². The maximum absolute atomic E-state index is 6.41. The maximum atomic E-state index is 6.41. The van der Waals surface area contributed by atoms with Crippen molar-refractivity contribution >= 4 is 0 Å². The number of fused-ring (bicyclic) bond motifs is 2. The average molecular weight is 350 g/mol. The van der Waals surface area contributed by atoms with Gasteiger partial charge in [0.05, 0.1) is 12.2 Å². The van der Waals surface area contributed by atoms with Crippen LogP contribution in [0.5, 0.6) is 0 Å². The second-order valence-electron chi connectivity index (χ2n) is 7.55. The van der Waals surface area contributed by atoms with Gasteiger partial charge < -0.3 is 9.47 Å². The van der Waals surface area contributed by atoms with E-state index in [-0.39, 0.29) is 24.7 Å². The molecule has 3 aliphatic rings. The van der Waals surface area contributed by atoms with E-state index in [1.807, 2.05) is 0 Å². The Kier molecular flexibility index (Phi) is 4.51. The van der Waals surface area contributed by atoms with E-state index in [0.717, 1.165) is 39.0 Å². The minimum atomic E-state index is 0.201. The normalized spacial score (nSPS) is 32.6. The molecule has 0 aliphatic carbocycles. The van der Waals surface area contributed by atoms with Gasteiger partial charge in [0, 0.05) is 26.2 Å². The molecule has 3 aliphatic heterocycles. The summed E-state index contributed by atoms with van der Waals surface area (Å²) < 4.78 is 12.8. The summed E-state index contributed by atoms with van der Waals surface area (Å²) in [5.74, 6) is 0. The summed E-state index contributed by atoms with van der Waals surface area (Å²) in [5.41, 5.74) is 2.58. The third-order valence-electron chi connectivity index (χ3n) is 5.93. The van der Waals surface area contributed by atoms with Crippen molar-refractivity contribution in [2.24, 2.45) is 0 Å². The second-order valence-corrected chi connectivity index (χ2v) is 7.55. The fourth-order valence-electron chi connectivity index (χ4n) is 4.53. The topological polar surface area (TPSA) is 24.9 Å². The van der Waals surface area contributed by atoms with Gasteiger partial charge in [-0.05, 0) is 24.0 Å². The van der Waals surface area contributed by atoms with Gasteiger partial charge in [-0.1, -0.05) is 60.7 Å². The number of nitrogens with zero attached hydrogens (tertiary/aromatic N) is 2. The molecule has 2 aromatic carbocycles. The molecule has 0 spiro atoms. The zero-order valence-corrected chi connectivity index (χ0v) is 15.0. The van der Waals surface area contributed by atoms with Gasteiger partial charge in [0.25, 0.3) is 0 Å². The molecule has 0 bridgehead atoms. The first-order valence-electron chi connectivity index (χ1n) is 9.76. The Hall–Kier alpha value is -1.72. The Morgan fingerprint density at radius 3 is 1.46 bits per heavy atom. The summed E-state index contributed by atoms with van der Waals surface area (Å²) in [4.78, 5) is 5.02. The first kappa shape index (κ1) is 16.5. The molecular formula is C22H26N2O2. The predicted octanol–water partition coefficient (Wildman–Crippen LogP) is 3.58. The van der Waals surface area contributed by atoms with Gasteiger partial charge in [0.1, 0.15) is 12.5 Å². The Labute approximate surface area is 155 Å². The molecule has 4 nitrogen and oxygen atoms in total. The number of hydrogen-bond donors (Lipinski definition) is 0. The van der Waals surface area contributed by atoms with E-state index < -0.39 is 0 Å². The monoisotopic (exact) mass is 350 g/mol. The molecule has 3 heterocycles. The van der Waals surface area contributed by atoms with E-state index in [1.165, 1.54) is 11.1 Å². The highest BCUT2D eigenvalue weighted by Crippen LogP contribution is 2.36. The Bertz CT molecular complexity index is 636. The van der Waals surface area contributed by atoms with Crippen molar-refractivity contribution in [2.75, 3.05) is 26.2 Å². The smallest absolute Gasteiger partial charge is 0.112 e. The molecule has 0 aromatic heterocycles. The summed E-state index contributed by atoms with van der Waals surface area (Å²) in [5, 5.41) is 0. The molecule has 0 amide bonds. The van der Waals surface area contributed by atoms with Crippen LogP contribution in [0.3, 0.4) is 0 Å². The van der Waals surface area contributed by atoms with Gasteiger partial charge in [-0.15, -0.1) is 0 Å². The summed E-state index contributed by atoms with van der Waals surface area (Å²) in [6.45, 7) is 4.06. The largest absolute Gasteiger partial charge is 0.354 e. The van der Waals surface area contributed by atoms with Crippen molar-refractivity contribution in [3.63, 3.8) is 0 Å². The third-order valence-corrected chi connectivity index (χ3v) is 5.93. The zero-order chi connectivity index (χ0) is 17.3. The molecular weight excluding hydrogens is 324 g/mol. The number of rotatable bonds is 2. The number of ether oxygens (including phenoxy) is 2. The lowest BCUT2D eigenvalue weighted by molar-refractivity contribution is -0.0566. The molecule has 4 heteroatoms. The van der Waals surface area contributed by atoms with E-state index in [0.29, 0.717) is 0 Å². The zero-order valence-electron chi connectivity index (χ0n) is 15.0. The lowest BCUT2D eigenvalue weighted by Crippen LogP contribution is -2.43. The molecule has 2 unspecified atom stereocenters. The van der Waals surface area contributed by atoms with E-state index in [2.05, 4.69) is 70.5 Å². The average Bonchev–Trinajstić information content (AvgIpc) is 3.28. The van der Waals surface area contributed by atoms with Crippen molar-refractivity contribution in [1.82, 2.24) is 9.80 Å². The highest BCUT2D eigenvalue weighted by atomic mass is 16.5. The standard InChI is InChI=1S/C22H26N2O2/c1-3-7-17(8-4-1)19-15-23-13-12-22-24(14-11-21(23)25-19)16-20(26-22)18-9-5-2-6-10-18/h1-10,19-22H,11-16H2/t19-,20-,21?,22?/m0/s1. The van der Waals surface area contributed by atoms with E-state index in [1.54, 1.807) is 0 Å². The molecule has 0 radical (unpaired) electrons. The van der Waals surface area contributed by atoms with E-state index in [4.69, 9.17) is 9.47 Å². The first-order chi connectivity index (χ1) is 12.9. The highest BCUT2D eigenvalue weighted by molar-refractivity contribution is 5.20. The van der Waals surface area contributed by atoms with Crippen molar-refractivity contribution in [3.05, 3.63) is 71.8 Å². The summed E-state index contributed by atoms with van der Waals surface area (Å²) >= 11 is 0. The Morgan fingerprint density at radius 2 is 1.04 bits per heavy atom. The van der Waals surface area contributed by atoms with Crippen LogP contribution in [0.25, 0.3) is 0 Å². The van der Waals surface area contributed by atoms with Crippen molar-refractivity contribution in [1.29, 1.82) is 0 Å². The van der Waals surface area contributed by atoms with Gasteiger partial charge in [0.2, 0.25) is 0 Å². The molecule has 26 heavy (non-hydrogen) atoms. The first-order valence-corrected chi connectivity index (χ1v) is 9.76. The molecule has 136 valence electrons. The van der Waals surface area contributed by atoms with Gasteiger partial charge in [-0.2, -0.15) is 0 Å². The number of hydrogen-bond acceptors (Lipinski definition) is 4. The van der Waals surface area contributed by atoms with E-state index in [9.17, 15) is 0 Å². The highest BCUT2D eigenvalue weighted by Gasteiger charge is 2.40. The van der Waals surface area contributed by atoms with Crippen molar-refractivity contribution < 1.29 is 9.47 Å². The predicted molar refractivity (Wildman–Crippen MR) is 100 cm³/mol. The molecule has 2 aromatic rings. The summed E-state index contributed by atoms with van der Waals surface area (Å²) in [6.07, 6.45) is 2.96. The van der Waals surface area contributed by atoms with Gasteiger partial charge >= 0.3 is 0 Å². The van der Waals surface area contributed by atoms with Crippen LogP contribution in [0.1, 0.15) is 36.2 Å².